The number of rotatable bonds is 5. The first kappa shape index (κ1) is 19.4. The Labute approximate surface area is 162 Å². The van der Waals surface area contributed by atoms with E-state index >= 15 is 0 Å². The summed E-state index contributed by atoms with van der Waals surface area (Å²) in [5.74, 6) is 0.171. The molecule has 1 aromatic heterocycles. The lowest BCUT2D eigenvalue weighted by atomic mass is 10.2. The summed E-state index contributed by atoms with van der Waals surface area (Å²) in [6.45, 7) is 0. The molecule has 0 amide bonds. The maximum atomic E-state index is 12.2. The van der Waals surface area contributed by atoms with E-state index in [1.807, 2.05) is 24.3 Å². The van der Waals surface area contributed by atoms with Crippen LogP contribution in [0.4, 0.5) is 13.2 Å². The monoisotopic (exact) mass is 405 g/mol. The number of nitrogens with one attached hydrogen (secondary N) is 2. The number of allylic oxidation sites excluding steroid dienone is 1. The molecule has 6 nitrogen and oxygen atoms in total. The molecule has 3 rings (SSSR count). The minimum absolute atomic E-state index is 0.0179. The minimum Gasteiger partial charge on any atom is -0.406 e. The van der Waals surface area contributed by atoms with Gasteiger partial charge >= 0.3 is 6.36 Å². The van der Waals surface area contributed by atoms with E-state index in [1.165, 1.54) is 24.3 Å². The second-order valence-corrected chi connectivity index (χ2v) is 5.97. The third kappa shape index (κ3) is 5.30. The van der Waals surface area contributed by atoms with Crippen molar-refractivity contribution in [2.45, 2.75) is 6.36 Å². The zero-order valence-electron chi connectivity index (χ0n) is 14.2. The molecular weight excluding hydrogens is 391 g/mol. The number of H-pyrrole nitrogens is 1. The van der Waals surface area contributed by atoms with Crippen LogP contribution in [0.3, 0.4) is 0 Å². The number of fused-ring (bicyclic) bond motifs is 1. The number of nitrogens with zero attached hydrogens (tertiary/aromatic N) is 2. The molecule has 1 heterocycles. The molecule has 0 aliphatic heterocycles. The van der Waals surface area contributed by atoms with Crippen molar-refractivity contribution in [3.8, 4) is 5.75 Å². The predicted molar refractivity (Wildman–Crippen MR) is 105 cm³/mol. The fourth-order valence-electron chi connectivity index (χ4n) is 2.31. The SMILES string of the molecule is NC(=S)N/N=C(/C=C/c1ccc(OC(F)(F)F)cc1)c1nc2ccccc2[nH]1. The Kier molecular flexibility index (Phi) is 5.59. The molecule has 2 aromatic carbocycles. The predicted octanol–water partition coefficient (Wildman–Crippen LogP) is 3.71. The standard InChI is InChI=1S/C18H14F3N5OS/c19-18(20,21)27-12-8-5-11(6-9-12)7-10-15(25-26-17(22)28)16-23-13-3-1-2-4-14(13)24-16/h1-10H,(H,23,24)(H3,22,26,28)/b10-7+,25-15-. The number of aromatic nitrogens is 2. The van der Waals surface area contributed by atoms with Gasteiger partial charge in [-0.05, 0) is 48.1 Å². The molecule has 0 bridgehead atoms. The Morgan fingerprint density at radius 2 is 1.89 bits per heavy atom. The highest BCUT2D eigenvalue weighted by Crippen LogP contribution is 2.23. The zero-order valence-corrected chi connectivity index (χ0v) is 15.0. The molecule has 0 aliphatic rings. The van der Waals surface area contributed by atoms with Gasteiger partial charge in [0.2, 0.25) is 0 Å². The van der Waals surface area contributed by atoms with Crippen LogP contribution in [0.15, 0.2) is 59.7 Å². The van der Waals surface area contributed by atoms with Crippen molar-refractivity contribution in [3.63, 3.8) is 0 Å². The van der Waals surface area contributed by atoms with Crippen LogP contribution in [0.5, 0.6) is 5.75 Å². The Hall–Kier alpha value is -3.40. The molecule has 144 valence electrons. The van der Waals surface area contributed by atoms with E-state index in [9.17, 15) is 13.2 Å². The van der Waals surface area contributed by atoms with Crippen LogP contribution >= 0.6 is 12.2 Å². The number of ether oxygens (including phenoxy) is 1. The summed E-state index contributed by atoms with van der Waals surface area (Å²) in [6.07, 6.45) is -1.45. The average Bonchev–Trinajstić information content (AvgIpc) is 3.05. The maximum Gasteiger partial charge on any atom is 0.573 e. The Bertz CT molecular complexity index is 1010. The molecule has 10 heteroatoms. The molecule has 0 radical (unpaired) electrons. The van der Waals surface area contributed by atoms with Crippen LogP contribution in [-0.2, 0) is 0 Å². The molecule has 0 atom stereocenters. The molecule has 0 fully saturated rings. The summed E-state index contributed by atoms with van der Waals surface area (Å²) in [5, 5.41) is 4.10. The van der Waals surface area contributed by atoms with E-state index in [0.29, 0.717) is 17.1 Å². The highest BCUT2D eigenvalue weighted by molar-refractivity contribution is 7.80. The number of hydrogen-bond acceptors (Lipinski definition) is 4. The molecule has 28 heavy (non-hydrogen) atoms. The van der Waals surface area contributed by atoms with Crippen molar-refractivity contribution in [2.75, 3.05) is 0 Å². The van der Waals surface area contributed by atoms with Crippen LogP contribution in [0.1, 0.15) is 11.4 Å². The molecular formula is C18H14F3N5OS. The van der Waals surface area contributed by atoms with Gasteiger partial charge in [-0.2, -0.15) is 5.10 Å². The molecule has 0 saturated carbocycles. The number of nitrogens with two attached hydrogens (primary N) is 1. The molecule has 0 aliphatic carbocycles. The maximum absolute atomic E-state index is 12.2. The lowest BCUT2D eigenvalue weighted by molar-refractivity contribution is -0.274. The van der Waals surface area contributed by atoms with Crippen molar-refractivity contribution >= 4 is 40.2 Å². The van der Waals surface area contributed by atoms with Gasteiger partial charge in [0.1, 0.15) is 11.5 Å². The molecule has 0 unspecified atom stereocenters. The Balaban J connectivity index is 1.85. The second kappa shape index (κ2) is 8.09. The van der Waals surface area contributed by atoms with Crippen LogP contribution in [0.2, 0.25) is 0 Å². The van der Waals surface area contributed by atoms with Gasteiger partial charge in [0, 0.05) is 0 Å². The molecule has 0 spiro atoms. The fourth-order valence-corrected chi connectivity index (χ4v) is 2.36. The normalized spacial score (nSPS) is 12.5. The first-order valence-corrected chi connectivity index (χ1v) is 8.33. The summed E-state index contributed by atoms with van der Waals surface area (Å²) in [4.78, 5) is 7.58. The number of imidazole rings is 1. The van der Waals surface area contributed by atoms with Gasteiger partial charge in [-0.3, -0.25) is 5.43 Å². The topological polar surface area (TPSA) is 88.3 Å². The summed E-state index contributed by atoms with van der Waals surface area (Å²) in [5.41, 5.74) is 10.5. The van der Waals surface area contributed by atoms with Crippen LogP contribution in [0, 0.1) is 0 Å². The lowest BCUT2D eigenvalue weighted by Gasteiger charge is -2.08. The first-order valence-electron chi connectivity index (χ1n) is 7.92. The highest BCUT2D eigenvalue weighted by Gasteiger charge is 2.30. The van der Waals surface area contributed by atoms with Gasteiger partial charge in [-0.25, -0.2) is 4.98 Å². The van der Waals surface area contributed by atoms with E-state index in [-0.39, 0.29) is 10.9 Å². The third-order valence-electron chi connectivity index (χ3n) is 3.47. The average molecular weight is 405 g/mol. The van der Waals surface area contributed by atoms with Gasteiger partial charge in [0.15, 0.2) is 10.9 Å². The molecule has 3 aromatic rings. The highest BCUT2D eigenvalue weighted by atomic mass is 32.1. The number of thiocarbonyl (C=S) groups is 1. The Morgan fingerprint density at radius 3 is 2.54 bits per heavy atom. The van der Waals surface area contributed by atoms with Crippen molar-refractivity contribution in [1.82, 2.24) is 15.4 Å². The van der Waals surface area contributed by atoms with Gasteiger partial charge in [0.25, 0.3) is 0 Å². The van der Waals surface area contributed by atoms with E-state index in [2.05, 4.69) is 25.2 Å². The van der Waals surface area contributed by atoms with Gasteiger partial charge in [-0.15, -0.1) is 13.2 Å². The Morgan fingerprint density at radius 1 is 1.18 bits per heavy atom. The number of halogens is 3. The summed E-state index contributed by atoms with van der Waals surface area (Å²) < 4.78 is 40.5. The largest absolute Gasteiger partial charge is 0.573 e. The lowest BCUT2D eigenvalue weighted by Crippen LogP contribution is -2.25. The van der Waals surface area contributed by atoms with Crippen molar-refractivity contribution in [2.24, 2.45) is 10.8 Å². The number of para-hydroxylation sites is 2. The molecule has 0 saturated heterocycles. The second-order valence-electron chi connectivity index (χ2n) is 5.53. The quantitative estimate of drug-likeness (QED) is 0.342. The van der Waals surface area contributed by atoms with E-state index < -0.39 is 6.36 Å². The number of hydrogen-bond donors (Lipinski definition) is 3. The third-order valence-corrected chi connectivity index (χ3v) is 3.56. The molecule has 4 N–H and O–H groups in total. The van der Waals surface area contributed by atoms with Crippen LogP contribution in [-0.4, -0.2) is 27.2 Å². The smallest absolute Gasteiger partial charge is 0.406 e. The first-order chi connectivity index (χ1) is 13.3. The van der Waals surface area contributed by atoms with E-state index in [4.69, 9.17) is 18.0 Å². The van der Waals surface area contributed by atoms with Gasteiger partial charge in [0.05, 0.1) is 11.0 Å². The summed E-state index contributed by atoms with van der Waals surface area (Å²) in [7, 11) is 0. The number of alkyl halides is 3. The fraction of sp³-hybridized carbons (Fsp3) is 0.0556. The van der Waals surface area contributed by atoms with Crippen molar-refractivity contribution in [3.05, 3.63) is 66.0 Å². The minimum atomic E-state index is -4.73. The zero-order chi connectivity index (χ0) is 20.1. The van der Waals surface area contributed by atoms with Gasteiger partial charge < -0.3 is 15.5 Å². The van der Waals surface area contributed by atoms with Crippen molar-refractivity contribution < 1.29 is 17.9 Å². The van der Waals surface area contributed by atoms with E-state index in [0.717, 1.165) is 11.0 Å². The number of benzene rings is 2. The van der Waals surface area contributed by atoms with E-state index in [1.54, 1.807) is 12.2 Å². The summed E-state index contributed by atoms with van der Waals surface area (Å²) >= 11 is 4.76. The van der Waals surface area contributed by atoms with Crippen LogP contribution < -0.4 is 15.9 Å². The number of aromatic amines is 1. The van der Waals surface area contributed by atoms with Crippen molar-refractivity contribution in [1.29, 1.82) is 0 Å². The van der Waals surface area contributed by atoms with Gasteiger partial charge in [-0.1, -0.05) is 30.3 Å². The van der Waals surface area contributed by atoms with Crippen LogP contribution in [0.25, 0.3) is 17.1 Å². The number of hydrazone groups is 1. The summed E-state index contributed by atoms with van der Waals surface area (Å²) in [6, 6.07) is 12.8.